The molecular weight excluding hydrogens is 466 g/mol. The normalized spacial score (nSPS) is 11.5. The van der Waals surface area contributed by atoms with E-state index in [1.165, 1.54) is 0 Å². The third kappa shape index (κ3) is 4.57. The molecule has 35 heavy (non-hydrogen) atoms. The highest BCUT2D eigenvalue weighted by Crippen LogP contribution is 2.33. The second kappa shape index (κ2) is 9.38. The Kier molecular flexibility index (Phi) is 6.49. The zero-order valence-corrected chi connectivity index (χ0v) is 20.8. The molecule has 2 aromatic heterocycles. The van der Waals surface area contributed by atoms with Crippen molar-refractivity contribution >= 4 is 21.8 Å². The van der Waals surface area contributed by atoms with Crippen LogP contribution in [0.3, 0.4) is 0 Å². The molecule has 0 aliphatic heterocycles. The Labute approximate surface area is 204 Å². The summed E-state index contributed by atoms with van der Waals surface area (Å²) in [5.74, 6) is 0.250. The van der Waals surface area contributed by atoms with E-state index in [-0.39, 0.29) is 10.8 Å². The van der Waals surface area contributed by atoms with Gasteiger partial charge in [0.15, 0.2) is 0 Å². The van der Waals surface area contributed by atoms with Crippen molar-refractivity contribution in [2.24, 2.45) is 5.73 Å². The van der Waals surface area contributed by atoms with E-state index < -0.39 is 15.9 Å². The van der Waals surface area contributed by atoms with Gasteiger partial charge in [-0.3, -0.25) is 4.79 Å². The molecule has 0 unspecified atom stereocenters. The number of amides is 1. The highest BCUT2D eigenvalue weighted by molar-refractivity contribution is 7.92. The molecule has 9 nitrogen and oxygen atoms in total. The number of primary amides is 1. The van der Waals surface area contributed by atoms with E-state index in [1.807, 2.05) is 31.2 Å². The lowest BCUT2D eigenvalue weighted by Gasteiger charge is -2.17. The molecule has 4 aromatic rings. The maximum Gasteiger partial charge on any atom is 0.267 e. The van der Waals surface area contributed by atoms with Gasteiger partial charge >= 0.3 is 0 Å². The maximum absolute atomic E-state index is 13.4. The lowest BCUT2D eigenvalue weighted by molar-refractivity contribution is 0.0991. The third-order valence-electron chi connectivity index (χ3n) is 5.97. The van der Waals surface area contributed by atoms with E-state index in [4.69, 9.17) is 10.3 Å². The van der Waals surface area contributed by atoms with Crippen molar-refractivity contribution in [2.45, 2.75) is 45.6 Å². The second-order valence-corrected chi connectivity index (χ2v) is 9.90. The highest BCUT2D eigenvalue weighted by atomic mass is 32.2. The Morgan fingerprint density at radius 1 is 1.03 bits per heavy atom. The van der Waals surface area contributed by atoms with Crippen molar-refractivity contribution < 1.29 is 17.7 Å². The van der Waals surface area contributed by atoms with Crippen molar-refractivity contribution in [3.63, 3.8) is 0 Å². The Bertz CT molecular complexity index is 1520. The molecule has 10 heteroatoms. The number of aryl methyl sites for hydroxylation is 3. The number of carbonyl (C=O) groups excluding carboxylic acids is 1. The number of aromatic nitrogens is 3. The molecule has 0 aliphatic rings. The molecule has 0 spiro atoms. The first kappa shape index (κ1) is 24.2. The standard InChI is InChI=1S/C25H27N5O4S/c1-5-22-27-17(4)23(24(26)31)30(22)14-18-10-6-7-11-19(18)20-12-8-9-13-21(20)35(32,33)29-25-15(2)16(3)28-34-25/h6-13,29H,5,14H2,1-4H3,(H2,26,31). The minimum atomic E-state index is -4.00. The van der Waals surface area contributed by atoms with Crippen molar-refractivity contribution in [3.8, 4) is 11.1 Å². The first-order chi connectivity index (χ1) is 16.6. The smallest absolute Gasteiger partial charge is 0.267 e. The van der Waals surface area contributed by atoms with Crippen LogP contribution in [0.15, 0.2) is 57.9 Å². The fourth-order valence-electron chi connectivity index (χ4n) is 4.09. The van der Waals surface area contributed by atoms with E-state index >= 15 is 0 Å². The van der Waals surface area contributed by atoms with Gasteiger partial charge < -0.3 is 14.8 Å². The van der Waals surface area contributed by atoms with E-state index in [2.05, 4.69) is 14.9 Å². The van der Waals surface area contributed by atoms with Gasteiger partial charge in [-0.05, 0) is 38.0 Å². The number of imidazole rings is 1. The highest BCUT2D eigenvalue weighted by Gasteiger charge is 2.24. The summed E-state index contributed by atoms with van der Waals surface area (Å²) >= 11 is 0. The van der Waals surface area contributed by atoms with Crippen LogP contribution >= 0.6 is 0 Å². The summed E-state index contributed by atoms with van der Waals surface area (Å²) in [6.45, 7) is 7.49. The molecule has 0 radical (unpaired) electrons. The quantitative estimate of drug-likeness (QED) is 0.381. The van der Waals surface area contributed by atoms with Crippen molar-refractivity contribution in [1.82, 2.24) is 14.7 Å². The van der Waals surface area contributed by atoms with E-state index in [1.54, 1.807) is 49.6 Å². The average Bonchev–Trinajstić information content (AvgIpc) is 3.32. The van der Waals surface area contributed by atoms with Gasteiger partial charge in [-0.25, -0.2) is 18.1 Å². The first-order valence-corrected chi connectivity index (χ1v) is 12.6. The Morgan fingerprint density at radius 3 is 2.31 bits per heavy atom. The van der Waals surface area contributed by atoms with Crippen LogP contribution in [0.4, 0.5) is 5.88 Å². The van der Waals surface area contributed by atoms with Crippen LogP contribution < -0.4 is 10.5 Å². The number of nitrogens with one attached hydrogen (secondary N) is 1. The summed E-state index contributed by atoms with van der Waals surface area (Å²) in [4.78, 5) is 16.8. The number of rotatable bonds is 8. The van der Waals surface area contributed by atoms with Gasteiger partial charge in [0, 0.05) is 17.5 Å². The number of carbonyl (C=O) groups is 1. The van der Waals surface area contributed by atoms with E-state index in [0.717, 1.165) is 11.4 Å². The number of hydrogen-bond donors (Lipinski definition) is 2. The van der Waals surface area contributed by atoms with Crippen LogP contribution in [0.5, 0.6) is 0 Å². The first-order valence-electron chi connectivity index (χ1n) is 11.1. The zero-order valence-electron chi connectivity index (χ0n) is 20.0. The van der Waals surface area contributed by atoms with E-state index in [9.17, 15) is 13.2 Å². The number of sulfonamides is 1. The molecule has 3 N–H and O–H groups in total. The Hall–Kier alpha value is -3.92. The molecule has 0 saturated carbocycles. The van der Waals surface area contributed by atoms with Crippen LogP contribution in [-0.4, -0.2) is 29.0 Å². The summed E-state index contributed by atoms with van der Waals surface area (Å²) in [5.41, 5.74) is 9.83. The molecular formula is C25H27N5O4S. The largest absolute Gasteiger partial charge is 0.364 e. The predicted octanol–water partition coefficient (Wildman–Crippen LogP) is 3.97. The fraction of sp³-hybridized carbons (Fsp3) is 0.240. The van der Waals surface area contributed by atoms with Crippen LogP contribution in [0.2, 0.25) is 0 Å². The van der Waals surface area contributed by atoms with Crippen molar-refractivity contribution in [2.75, 3.05) is 4.72 Å². The molecule has 1 amide bonds. The van der Waals surface area contributed by atoms with Crippen LogP contribution in [-0.2, 0) is 23.0 Å². The third-order valence-corrected chi connectivity index (χ3v) is 7.36. The van der Waals surface area contributed by atoms with Gasteiger partial charge in [0.2, 0.25) is 5.88 Å². The molecule has 0 atom stereocenters. The number of nitrogens with two attached hydrogens (primary N) is 1. The molecule has 0 bridgehead atoms. The minimum absolute atomic E-state index is 0.0816. The molecule has 2 heterocycles. The molecule has 0 saturated heterocycles. The summed E-state index contributed by atoms with van der Waals surface area (Å²) < 4.78 is 36.3. The lowest BCUT2D eigenvalue weighted by Crippen LogP contribution is -2.20. The molecule has 0 fully saturated rings. The lowest BCUT2D eigenvalue weighted by atomic mass is 9.99. The second-order valence-electron chi connectivity index (χ2n) is 8.25. The number of hydrogen-bond acceptors (Lipinski definition) is 6. The van der Waals surface area contributed by atoms with Gasteiger partial charge in [-0.2, -0.15) is 0 Å². The Morgan fingerprint density at radius 2 is 1.69 bits per heavy atom. The fourth-order valence-corrected chi connectivity index (χ4v) is 5.35. The van der Waals surface area contributed by atoms with Gasteiger partial charge in [0.25, 0.3) is 15.9 Å². The summed E-state index contributed by atoms with van der Waals surface area (Å²) in [6.07, 6.45) is 0.612. The van der Waals surface area contributed by atoms with Crippen molar-refractivity contribution in [3.05, 3.63) is 82.6 Å². The summed E-state index contributed by atoms with van der Waals surface area (Å²) in [5, 5.41) is 3.83. The molecule has 2 aromatic carbocycles. The van der Waals surface area contributed by atoms with Gasteiger partial charge in [-0.15, -0.1) is 0 Å². The summed E-state index contributed by atoms with van der Waals surface area (Å²) in [6, 6.07) is 14.2. The van der Waals surface area contributed by atoms with Crippen LogP contribution in [0, 0.1) is 20.8 Å². The number of benzene rings is 2. The monoisotopic (exact) mass is 493 g/mol. The predicted molar refractivity (Wildman–Crippen MR) is 133 cm³/mol. The number of nitrogens with zero attached hydrogens (tertiary/aromatic N) is 3. The molecule has 182 valence electrons. The van der Waals surface area contributed by atoms with Crippen molar-refractivity contribution in [1.29, 1.82) is 0 Å². The molecule has 0 aliphatic carbocycles. The Balaban J connectivity index is 1.81. The zero-order chi connectivity index (χ0) is 25.3. The van der Waals surface area contributed by atoms with Gasteiger partial charge in [0.05, 0.1) is 22.8 Å². The topological polar surface area (TPSA) is 133 Å². The SMILES string of the molecule is CCc1nc(C)c(C(N)=O)n1Cc1ccccc1-c1ccccc1S(=O)(=O)Nc1onc(C)c1C. The van der Waals surface area contributed by atoms with Crippen LogP contribution in [0.1, 0.15) is 45.8 Å². The van der Waals surface area contributed by atoms with E-state index in [0.29, 0.717) is 46.7 Å². The average molecular weight is 494 g/mol. The summed E-state index contributed by atoms with van der Waals surface area (Å²) in [7, 11) is -4.00. The van der Waals surface area contributed by atoms with Gasteiger partial charge in [0.1, 0.15) is 11.5 Å². The van der Waals surface area contributed by atoms with Crippen LogP contribution in [0.25, 0.3) is 11.1 Å². The maximum atomic E-state index is 13.4. The van der Waals surface area contributed by atoms with Gasteiger partial charge in [-0.1, -0.05) is 54.5 Å². The minimum Gasteiger partial charge on any atom is -0.364 e. The number of anilines is 1. The molecule has 4 rings (SSSR count).